The van der Waals surface area contributed by atoms with E-state index in [1.165, 1.54) is 53.1 Å². The van der Waals surface area contributed by atoms with Crippen LogP contribution in [0.5, 0.6) is 0 Å². The van der Waals surface area contributed by atoms with E-state index in [4.69, 9.17) is 16.9 Å². The van der Waals surface area contributed by atoms with Gasteiger partial charge in [0, 0.05) is 46.1 Å². The van der Waals surface area contributed by atoms with Gasteiger partial charge in [-0.2, -0.15) is 24.5 Å². The van der Waals surface area contributed by atoms with Crippen molar-refractivity contribution in [1.82, 2.24) is 14.9 Å². The van der Waals surface area contributed by atoms with Gasteiger partial charge in [0.2, 0.25) is 0 Å². The van der Waals surface area contributed by atoms with Crippen LogP contribution in [-0.4, -0.2) is 62.7 Å². The van der Waals surface area contributed by atoms with Crippen molar-refractivity contribution in [3.63, 3.8) is 0 Å². The van der Waals surface area contributed by atoms with Crippen LogP contribution in [0.15, 0.2) is 192 Å². The van der Waals surface area contributed by atoms with Crippen LogP contribution in [0.4, 0.5) is 30.4 Å². The molecule has 409 valence electrons. The molecule has 5 heterocycles. The number of rotatable bonds is 19. The first-order chi connectivity index (χ1) is 37.6. The van der Waals surface area contributed by atoms with Crippen LogP contribution in [0.1, 0.15) is 83.5 Å². The van der Waals surface area contributed by atoms with Crippen molar-refractivity contribution in [3.8, 4) is 5.69 Å². The molecule has 0 amide bonds. The molecule has 6 aromatic rings. The number of anilines is 3. The Bertz CT molecular complexity index is 3230. The number of aromatic carboxylic acids is 1. The van der Waals surface area contributed by atoms with Crippen molar-refractivity contribution in [2.24, 2.45) is 5.73 Å². The number of nitrogens with one attached hydrogen (secondary N) is 2. The molecule has 3 aromatic heterocycles. The van der Waals surface area contributed by atoms with Crippen LogP contribution in [0, 0.1) is 0 Å². The smallest absolute Gasteiger partial charge is 0.753 e. The van der Waals surface area contributed by atoms with Gasteiger partial charge in [-0.25, -0.2) is 9.59 Å². The van der Waals surface area contributed by atoms with Crippen molar-refractivity contribution < 1.29 is 52.5 Å². The summed E-state index contributed by atoms with van der Waals surface area (Å²) in [4.78, 5) is 31.6. The number of carboxylic acids is 2. The number of thiophene rings is 1. The Morgan fingerprint density at radius 3 is 2.22 bits per heavy atom. The van der Waals surface area contributed by atoms with Crippen molar-refractivity contribution in [1.29, 1.82) is 0 Å². The average Bonchev–Trinajstić information content (AvgIpc) is 4.16. The molecule has 3 aromatic carbocycles. The molecule has 0 fully saturated rings. The van der Waals surface area contributed by atoms with E-state index < -0.39 is 30.2 Å². The molecule has 8 rings (SSSR count). The molecule has 0 saturated heterocycles. The van der Waals surface area contributed by atoms with Crippen molar-refractivity contribution in [2.75, 3.05) is 18.5 Å². The fourth-order valence-corrected chi connectivity index (χ4v) is 9.40. The number of nitrogens with zero attached hydrogens (tertiary/aromatic N) is 6. The summed E-state index contributed by atoms with van der Waals surface area (Å²) in [5, 5.41) is 41.6. The third-order valence-electron chi connectivity index (χ3n) is 12.2. The van der Waals surface area contributed by atoms with E-state index in [1.807, 2.05) is 97.1 Å². The zero-order chi connectivity index (χ0) is 56.2. The van der Waals surface area contributed by atoms with Crippen LogP contribution in [0.25, 0.3) is 44.3 Å². The predicted molar refractivity (Wildman–Crippen MR) is 312 cm³/mol. The minimum Gasteiger partial charge on any atom is -0.753 e. The number of aromatic nitrogens is 2. The van der Waals surface area contributed by atoms with Crippen molar-refractivity contribution in [2.45, 2.75) is 64.2 Å². The number of carbonyl (C=O) groups is 2. The van der Waals surface area contributed by atoms with Crippen LogP contribution < -0.4 is 16.0 Å². The molecule has 2 aliphatic rings. The van der Waals surface area contributed by atoms with E-state index in [0.29, 0.717) is 23.6 Å². The molecular formula is C60H58F3N9O4RuS2-. The normalized spacial score (nSPS) is 14.6. The Kier molecular flexibility index (Phi) is 23.7. The monoisotopic (exact) mass is 1190 g/mol. The summed E-state index contributed by atoms with van der Waals surface area (Å²) in [5.41, 5.74) is 21.4. The number of benzene rings is 3. The van der Waals surface area contributed by atoms with Gasteiger partial charge in [0.1, 0.15) is 11.9 Å². The number of nitrogens with two attached hydrogens (primary N) is 1. The van der Waals surface area contributed by atoms with E-state index in [9.17, 15) is 33.0 Å². The number of isothiocyanates is 1. The quantitative estimate of drug-likeness (QED) is 0.0152. The summed E-state index contributed by atoms with van der Waals surface area (Å²) in [7, 11) is 1.58. The largest absolute Gasteiger partial charge is 3.00 e. The van der Waals surface area contributed by atoms with Gasteiger partial charge < -0.3 is 43.0 Å². The van der Waals surface area contributed by atoms with E-state index in [0.717, 1.165) is 64.7 Å². The summed E-state index contributed by atoms with van der Waals surface area (Å²) < 4.78 is 40.5. The molecule has 2 unspecified atom stereocenters. The van der Waals surface area contributed by atoms with Gasteiger partial charge in [-0.3, -0.25) is 14.5 Å². The molecule has 79 heavy (non-hydrogen) atoms. The molecule has 6 N–H and O–H groups in total. The second-order valence-electron chi connectivity index (χ2n) is 17.5. The Labute approximate surface area is 480 Å². The summed E-state index contributed by atoms with van der Waals surface area (Å²) in [6, 6.07) is 36.5. The van der Waals surface area contributed by atoms with E-state index in [1.54, 1.807) is 31.5 Å². The van der Waals surface area contributed by atoms with Crippen LogP contribution >= 0.6 is 23.6 Å². The maximum atomic E-state index is 12.8. The Balaban J connectivity index is 0.000000315. The first kappa shape index (κ1) is 61.9. The van der Waals surface area contributed by atoms with E-state index >= 15 is 0 Å². The van der Waals surface area contributed by atoms with Gasteiger partial charge in [0.25, 0.3) is 0 Å². The number of aryl methyl sites for hydroxylation is 1. The predicted octanol–water partition coefficient (Wildman–Crippen LogP) is 15.7. The molecule has 2 aliphatic heterocycles. The Hall–Kier alpha value is -7.92. The summed E-state index contributed by atoms with van der Waals surface area (Å²) in [6.07, 6.45) is 14.2. The molecule has 2 atom stereocenters. The number of hydrogen-bond donors (Lipinski definition) is 4. The fourth-order valence-electron chi connectivity index (χ4n) is 8.44. The second kappa shape index (κ2) is 30.3. The van der Waals surface area contributed by atoms with Gasteiger partial charge in [0.15, 0.2) is 0 Å². The van der Waals surface area contributed by atoms with Crippen LogP contribution in [0.3, 0.4) is 0 Å². The fraction of sp³-hybridized carbons (Fsp3) is 0.200. The molecule has 13 nitrogen and oxygen atoms in total. The minimum absolute atomic E-state index is 0. The standard InChI is InChI=1S/C39H31N5O4.C20H27F3N3S.CNS.Ru/c1-2-26(38(45)46)22-32(40)33-24-28(39(47)48)25-35(42-33)34-23-27(20-21-41-34)36-18-19-37(44(36)31-16-10-5-11-17-31)43(29-12-6-3-7-13-29)30-14-8-4-9-15-30;1-3-4-5-6-7-14-9-11-27-19(14)15-8-10-26-17(12-15)16(25-2)13-18(24)20(21,22)23;2-1-3;/h2-25,34,40H,1H3,(H,45,46)(H,47,48);8-9,11-13,18,25H,3-7,10,24H2,1-2H3;;/q-2;2*-1;+3/b26-2+,32-22-;16-13-;;. The number of carboxylic acid groups (broad SMARTS) is 2. The molecule has 0 saturated carbocycles. The number of allylic oxidation sites excluding steroid dienone is 5. The second-order valence-corrected chi connectivity index (χ2v) is 18.6. The minimum atomic E-state index is -4.48. The van der Waals surface area contributed by atoms with Crippen molar-refractivity contribution in [3.05, 3.63) is 247 Å². The average molecular weight is 1190 g/mol. The maximum absolute atomic E-state index is 12.8. The van der Waals surface area contributed by atoms with Crippen LogP contribution in [0.2, 0.25) is 0 Å². The number of likely N-dealkylation sites (N-methyl/N-ethyl adjacent to an activating group) is 1. The first-order valence-corrected chi connectivity index (χ1v) is 26.1. The molecule has 1 radical (unpaired) electrons. The third kappa shape index (κ3) is 16.8. The SMILES string of the molecule is C/C=C(\C=C(/[NH-])c1cc(C(=O)O)cc(C2C=C(c3ccc(N(c4ccccc4)c4ccccc4)n3-c3ccccc3)C=C[N-]2)n1)C(=O)O.CCCCCCc1ccsc1C1=CC[N-]C(/C(=C/C(N)C(F)(F)F)NC)=C1.[N-]=C=S.[Ru+3]. The zero-order valence-corrected chi connectivity index (χ0v) is 46.8. The summed E-state index contributed by atoms with van der Waals surface area (Å²) in [6.45, 7) is 4.18. The van der Waals surface area contributed by atoms with Gasteiger partial charge in [-0.05, 0) is 115 Å². The molecular weight excluding hydrogens is 1130 g/mol. The van der Waals surface area contributed by atoms with Crippen molar-refractivity contribution >= 4 is 74.7 Å². The molecule has 19 heteroatoms. The van der Waals surface area contributed by atoms with Gasteiger partial charge in [0.05, 0.1) is 16.8 Å². The van der Waals surface area contributed by atoms with Crippen LogP contribution in [-0.2, 0) is 30.7 Å². The van der Waals surface area contributed by atoms with E-state index in [-0.39, 0.29) is 42.0 Å². The first-order valence-electron chi connectivity index (χ1n) is 24.9. The van der Waals surface area contributed by atoms with Gasteiger partial charge in [-0.1, -0.05) is 135 Å². The van der Waals surface area contributed by atoms with E-state index in [2.05, 4.69) is 91.3 Å². The number of unbranched alkanes of at least 4 members (excludes halogenated alkanes) is 3. The van der Waals surface area contributed by atoms with Gasteiger partial charge in [-0.15, -0.1) is 29.3 Å². The summed E-state index contributed by atoms with van der Waals surface area (Å²) in [5.74, 6) is -1.49. The van der Waals surface area contributed by atoms with Gasteiger partial charge >= 0.3 is 37.6 Å². The number of para-hydroxylation sites is 3. The molecule has 0 aliphatic carbocycles. The zero-order valence-electron chi connectivity index (χ0n) is 43.4. The number of hydrogen-bond acceptors (Lipinski definition) is 8. The topological polar surface area (TPSA) is 208 Å². The number of thiocarbonyl (C=S) groups is 1. The molecule has 0 spiro atoms. The Morgan fingerprint density at radius 2 is 1.63 bits per heavy atom. The number of pyridine rings is 1. The maximum Gasteiger partial charge on any atom is 3.00 e. The number of aliphatic carboxylic acids is 1. The third-order valence-corrected chi connectivity index (χ3v) is 13.2. The number of alkyl halides is 3. The number of halogens is 3. The summed E-state index contributed by atoms with van der Waals surface area (Å²) >= 11 is 5.36. The molecule has 0 bridgehead atoms. The Morgan fingerprint density at radius 1 is 0.987 bits per heavy atom.